The van der Waals surface area contributed by atoms with E-state index in [1.54, 1.807) is 17.9 Å². The molecule has 0 spiro atoms. The minimum absolute atomic E-state index is 0.00215. The van der Waals surface area contributed by atoms with E-state index in [1.807, 2.05) is 31.2 Å². The highest BCUT2D eigenvalue weighted by Gasteiger charge is 2.24. The number of hydrazone groups is 1. The van der Waals surface area contributed by atoms with Crippen LogP contribution in [0, 0.1) is 0 Å². The highest BCUT2D eigenvalue weighted by Crippen LogP contribution is 2.24. The molecule has 1 amide bonds. The molecule has 3 N–H and O–H groups in total. The van der Waals surface area contributed by atoms with Gasteiger partial charge in [-0.25, -0.2) is 10.1 Å². The van der Waals surface area contributed by atoms with E-state index < -0.39 is 5.91 Å². The molecular formula is C18H19N11O3S. The van der Waals surface area contributed by atoms with E-state index in [0.717, 1.165) is 0 Å². The number of hydrogen-bond acceptors (Lipinski definition) is 12. The molecule has 3 heterocycles. The van der Waals surface area contributed by atoms with Crippen molar-refractivity contribution in [2.75, 3.05) is 12.3 Å². The lowest BCUT2D eigenvalue weighted by atomic mass is 10.2. The Labute approximate surface area is 191 Å². The summed E-state index contributed by atoms with van der Waals surface area (Å²) >= 11 is 1.32. The molecule has 0 saturated carbocycles. The standard InChI is InChI=1S/C18H19N11O3S/c1-3-31-13-7-5-4-6-11(13)8-20-23-17(30)14-12(9-33-18-24-21-10-28(18)2)29(27-22-14)16-15(19)25-32-26-16/h4-8,10H,3,9H2,1-2H3,(H2,19,25)(H,23,30)/b20-8+. The maximum Gasteiger partial charge on any atom is 0.293 e. The Balaban J connectivity index is 1.57. The molecule has 0 aliphatic rings. The summed E-state index contributed by atoms with van der Waals surface area (Å²) in [4.78, 5) is 12.9. The van der Waals surface area contributed by atoms with Gasteiger partial charge in [-0.1, -0.05) is 29.1 Å². The SMILES string of the molecule is CCOc1ccccc1/C=N/NC(=O)c1nnn(-c2nonc2N)c1CSc1nncn1C. The van der Waals surface area contributed by atoms with Gasteiger partial charge in [-0.15, -0.1) is 15.3 Å². The molecule has 0 aliphatic carbocycles. The Morgan fingerprint density at radius 3 is 2.91 bits per heavy atom. The fraction of sp³-hybridized carbons (Fsp3) is 0.222. The molecule has 15 heteroatoms. The zero-order chi connectivity index (χ0) is 23.2. The third-order valence-electron chi connectivity index (χ3n) is 4.27. The van der Waals surface area contributed by atoms with E-state index in [-0.39, 0.29) is 23.1 Å². The third kappa shape index (κ3) is 4.82. The van der Waals surface area contributed by atoms with Gasteiger partial charge < -0.3 is 15.0 Å². The molecular weight excluding hydrogens is 450 g/mol. The number of nitrogens with one attached hydrogen (secondary N) is 1. The Bertz CT molecular complexity index is 1280. The number of amides is 1. The summed E-state index contributed by atoms with van der Waals surface area (Å²) in [6.45, 7) is 2.39. The maximum absolute atomic E-state index is 12.9. The van der Waals surface area contributed by atoms with Gasteiger partial charge in [-0.05, 0) is 29.4 Å². The average molecular weight is 469 g/mol. The van der Waals surface area contributed by atoms with E-state index in [2.05, 4.69) is 46.0 Å². The summed E-state index contributed by atoms with van der Waals surface area (Å²) in [5.41, 5.74) is 9.40. The van der Waals surface area contributed by atoms with Gasteiger partial charge in [0.15, 0.2) is 10.9 Å². The Hall–Kier alpha value is -4.27. The van der Waals surface area contributed by atoms with Crippen LogP contribution in [-0.4, -0.2) is 58.8 Å². The van der Waals surface area contributed by atoms with Crippen LogP contribution in [0.25, 0.3) is 5.82 Å². The number of nitrogens with zero attached hydrogens (tertiary/aromatic N) is 9. The first-order valence-corrected chi connectivity index (χ1v) is 10.6. The molecule has 4 aromatic rings. The quantitative estimate of drug-likeness (QED) is 0.201. The number of thioether (sulfide) groups is 1. The minimum atomic E-state index is -0.574. The van der Waals surface area contributed by atoms with Crippen LogP contribution in [-0.2, 0) is 12.8 Å². The van der Waals surface area contributed by atoms with Crippen molar-refractivity contribution in [3.05, 3.63) is 47.5 Å². The van der Waals surface area contributed by atoms with E-state index in [1.165, 1.54) is 22.7 Å². The number of rotatable bonds is 9. The molecule has 0 unspecified atom stereocenters. The molecule has 0 radical (unpaired) electrons. The fourth-order valence-electron chi connectivity index (χ4n) is 2.74. The molecule has 1 aromatic carbocycles. The molecule has 0 atom stereocenters. The molecule has 0 aliphatic heterocycles. The van der Waals surface area contributed by atoms with Gasteiger partial charge in [0.1, 0.15) is 12.1 Å². The van der Waals surface area contributed by atoms with Gasteiger partial charge in [-0.3, -0.25) is 4.79 Å². The van der Waals surface area contributed by atoms with E-state index in [0.29, 0.717) is 28.8 Å². The van der Waals surface area contributed by atoms with Crippen molar-refractivity contribution in [1.29, 1.82) is 0 Å². The largest absolute Gasteiger partial charge is 0.493 e. The molecule has 33 heavy (non-hydrogen) atoms. The first-order chi connectivity index (χ1) is 16.1. The van der Waals surface area contributed by atoms with Crippen molar-refractivity contribution in [3.63, 3.8) is 0 Å². The van der Waals surface area contributed by atoms with Crippen molar-refractivity contribution < 1.29 is 14.2 Å². The number of anilines is 1. The zero-order valence-electron chi connectivity index (χ0n) is 17.6. The average Bonchev–Trinajstić information content (AvgIpc) is 3.53. The second-order valence-electron chi connectivity index (χ2n) is 6.45. The van der Waals surface area contributed by atoms with E-state index >= 15 is 0 Å². The molecule has 0 bridgehead atoms. The van der Waals surface area contributed by atoms with Crippen LogP contribution in [0.1, 0.15) is 28.7 Å². The monoisotopic (exact) mass is 469 g/mol. The van der Waals surface area contributed by atoms with Crippen molar-refractivity contribution in [2.24, 2.45) is 12.1 Å². The Morgan fingerprint density at radius 1 is 1.33 bits per heavy atom. The van der Waals surface area contributed by atoms with E-state index in [4.69, 9.17) is 10.5 Å². The van der Waals surface area contributed by atoms with Crippen LogP contribution in [0.4, 0.5) is 5.82 Å². The van der Waals surface area contributed by atoms with Gasteiger partial charge in [-0.2, -0.15) is 9.78 Å². The second kappa shape index (κ2) is 9.90. The van der Waals surface area contributed by atoms with Crippen LogP contribution in [0.2, 0.25) is 0 Å². The highest BCUT2D eigenvalue weighted by molar-refractivity contribution is 7.98. The van der Waals surface area contributed by atoms with Crippen molar-refractivity contribution in [3.8, 4) is 11.6 Å². The number of ether oxygens (including phenoxy) is 1. The molecule has 14 nitrogen and oxygen atoms in total. The summed E-state index contributed by atoms with van der Waals surface area (Å²) in [6.07, 6.45) is 3.06. The Kier molecular flexibility index (Phi) is 6.58. The van der Waals surface area contributed by atoms with Crippen molar-refractivity contribution in [1.82, 2.24) is 45.5 Å². The lowest BCUT2D eigenvalue weighted by Gasteiger charge is -2.06. The fourth-order valence-corrected chi connectivity index (χ4v) is 3.62. The predicted molar refractivity (Wildman–Crippen MR) is 117 cm³/mol. The number of benzene rings is 1. The molecule has 0 fully saturated rings. The first-order valence-electron chi connectivity index (χ1n) is 9.63. The second-order valence-corrected chi connectivity index (χ2v) is 7.40. The van der Waals surface area contributed by atoms with Gasteiger partial charge >= 0.3 is 0 Å². The number of aryl methyl sites for hydroxylation is 1. The third-order valence-corrected chi connectivity index (χ3v) is 5.32. The smallest absolute Gasteiger partial charge is 0.293 e. The first kappa shape index (κ1) is 21.9. The molecule has 3 aromatic heterocycles. The van der Waals surface area contributed by atoms with Gasteiger partial charge in [0, 0.05) is 18.4 Å². The summed E-state index contributed by atoms with van der Waals surface area (Å²) < 4.78 is 13.2. The lowest BCUT2D eigenvalue weighted by Crippen LogP contribution is -2.20. The number of hydrogen-bond donors (Lipinski definition) is 2. The lowest BCUT2D eigenvalue weighted by molar-refractivity contribution is 0.0949. The van der Waals surface area contributed by atoms with Crippen LogP contribution < -0.4 is 15.9 Å². The van der Waals surface area contributed by atoms with Gasteiger partial charge in [0.05, 0.1) is 18.5 Å². The number of carbonyl (C=O) groups is 1. The van der Waals surface area contributed by atoms with E-state index in [9.17, 15) is 4.79 Å². The normalized spacial score (nSPS) is 11.2. The number of carbonyl (C=O) groups excluding carboxylic acids is 1. The Morgan fingerprint density at radius 2 is 2.18 bits per heavy atom. The van der Waals surface area contributed by atoms with Crippen LogP contribution in [0.15, 0.2) is 45.5 Å². The summed E-state index contributed by atoms with van der Waals surface area (Å²) in [6, 6.07) is 7.33. The van der Waals surface area contributed by atoms with Crippen LogP contribution in [0.3, 0.4) is 0 Å². The number of nitrogen functional groups attached to an aromatic ring is 1. The molecule has 4 rings (SSSR count). The van der Waals surface area contributed by atoms with Crippen molar-refractivity contribution in [2.45, 2.75) is 17.8 Å². The summed E-state index contributed by atoms with van der Waals surface area (Å²) in [5.74, 6) is 0.450. The van der Waals surface area contributed by atoms with Crippen LogP contribution in [0.5, 0.6) is 5.75 Å². The number of aromatic nitrogens is 8. The van der Waals surface area contributed by atoms with Crippen molar-refractivity contribution >= 4 is 29.7 Å². The van der Waals surface area contributed by atoms with Gasteiger partial charge in [0.2, 0.25) is 11.6 Å². The maximum atomic E-state index is 12.9. The topological polar surface area (TPSA) is 177 Å². The minimum Gasteiger partial charge on any atom is -0.493 e. The predicted octanol–water partition coefficient (Wildman–Crippen LogP) is 0.816. The van der Waals surface area contributed by atoms with Crippen LogP contribution >= 0.6 is 11.8 Å². The zero-order valence-corrected chi connectivity index (χ0v) is 18.4. The highest BCUT2D eigenvalue weighted by atomic mass is 32.2. The molecule has 0 saturated heterocycles. The summed E-state index contributed by atoms with van der Waals surface area (Å²) in [7, 11) is 1.81. The summed E-state index contributed by atoms with van der Waals surface area (Å²) in [5, 5.41) is 27.8. The number of nitrogens with two attached hydrogens (primary N) is 1. The molecule has 170 valence electrons. The van der Waals surface area contributed by atoms with Gasteiger partial charge in [0.25, 0.3) is 5.91 Å². The number of para-hydroxylation sites is 1.